The molecule has 0 aliphatic rings. The molecule has 1 amide bonds. The van der Waals surface area contributed by atoms with Gasteiger partial charge in [-0.25, -0.2) is 4.79 Å². The third-order valence-electron chi connectivity index (χ3n) is 3.40. The molecule has 0 saturated heterocycles. The van der Waals surface area contributed by atoms with Crippen molar-refractivity contribution in [2.75, 3.05) is 5.06 Å². The van der Waals surface area contributed by atoms with E-state index in [9.17, 15) is 19.7 Å². The Hall–Kier alpha value is -3.22. The van der Waals surface area contributed by atoms with Crippen molar-refractivity contribution in [2.24, 2.45) is 0 Å². The second-order valence-corrected chi connectivity index (χ2v) is 5.24. The second-order valence-electron chi connectivity index (χ2n) is 5.24. The fourth-order valence-corrected chi connectivity index (χ4v) is 2.28. The van der Waals surface area contributed by atoms with E-state index in [-0.39, 0.29) is 11.3 Å². The zero-order valence-corrected chi connectivity index (χ0v) is 13.5. The van der Waals surface area contributed by atoms with Crippen molar-refractivity contribution in [3.8, 4) is 0 Å². The Kier molecular flexibility index (Phi) is 4.93. The van der Waals surface area contributed by atoms with Gasteiger partial charge in [-0.2, -0.15) is 0 Å². The number of carbonyl (C=O) groups is 2. The van der Waals surface area contributed by atoms with E-state index in [1.54, 1.807) is 26.0 Å². The molecular formula is C17H16N2O5. The molecule has 0 radical (unpaired) electrons. The lowest BCUT2D eigenvalue weighted by molar-refractivity contribution is -0.384. The number of aryl methyl sites for hydroxylation is 2. The van der Waals surface area contributed by atoms with Crippen molar-refractivity contribution in [3.63, 3.8) is 0 Å². The molecule has 0 aliphatic carbocycles. The highest BCUT2D eigenvalue weighted by molar-refractivity contribution is 5.97. The fourth-order valence-electron chi connectivity index (χ4n) is 2.28. The maximum absolute atomic E-state index is 12.3. The van der Waals surface area contributed by atoms with Gasteiger partial charge in [-0.3, -0.25) is 14.9 Å². The molecule has 0 aliphatic heterocycles. The van der Waals surface area contributed by atoms with Crippen LogP contribution in [0.25, 0.3) is 0 Å². The highest BCUT2D eigenvalue weighted by Crippen LogP contribution is 2.26. The summed E-state index contributed by atoms with van der Waals surface area (Å²) < 4.78 is 0. The summed E-state index contributed by atoms with van der Waals surface area (Å²) in [6.45, 7) is 4.85. The molecule has 0 bridgehead atoms. The van der Waals surface area contributed by atoms with Crippen molar-refractivity contribution in [1.29, 1.82) is 0 Å². The Morgan fingerprint density at radius 1 is 1.08 bits per heavy atom. The van der Waals surface area contributed by atoms with Gasteiger partial charge < -0.3 is 4.84 Å². The molecule has 2 aromatic rings. The average molecular weight is 328 g/mol. The molecule has 0 unspecified atom stereocenters. The number of nitro groups is 1. The van der Waals surface area contributed by atoms with Crippen LogP contribution in [-0.4, -0.2) is 16.8 Å². The summed E-state index contributed by atoms with van der Waals surface area (Å²) in [5.41, 5.74) is 1.76. The van der Waals surface area contributed by atoms with Crippen LogP contribution < -0.4 is 5.06 Å². The van der Waals surface area contributed by atoms with Gasteiger partial charge in [0.15, 0.2) is 0 Å². The second kappa shape index (κ2) is 6.91. The van der Waals surface area contributed by atoms with E-state index >= 15 is 0 Å². The summed E-state index contributed by atoms with van der Waals surface area (Å²) in [5.74, 6) is -1.33. The minimum absolute atomic E-state index is 0.0123. The van der Waals surface area contributed by atoms with E-state index in [1.807, 2.05) is 6.07 Å². The number of carbonyl (C=O) groups excluding carboxylic acids is 2. The highest BCUT2D eigenvalue weighted by atomic mass is 16.7. The van der Waals surface area contributed by atoms with Crippen LogP contribution in [0, 0.1) is 24.0 Å². The van der Waals surface area contributed by atoms with E-state index in [2.05, 4.69) is 0 Å². The first-order valence-electron chi connectivity index (χ1n) is 7.15. The molecule has 0 N–H and O–H groups in total. The topological polar surface area (TPSA) is 89.8 Å². The van der Waals surface area contributed by atoms with Gasteiger partial charge in [0.05, 0.1) is 16.2 Å². The molecule has 2 aromatic carbocycles. The largest absolute Gasteiger partial charge is 0.364 e. The summed E-state index contributed by atoms with van der Waals surface area (Å²) in [7, 11) is 0. The quantitative estimate of drug-likeness (QED) is 0.637. The van der Waals surface area contributed by atoms with E-state index < -0.39 is 16.8 Å². The Balaban J connectivity index is 2.35. The normalized spacial score (nSPS) is 10.1. The van der Waals surface area contributed by atoms with Gasteiger partial charge in [0.2, 0.25) is 0 Å². The van der Waals surface area contributed by atoms with Gasteiger partial charge in [0.25, 0.3) is 11.6 Å². The zero-order valence-electron chi connectivity index (χ0n) is 13.5. The Morgan fingerprint density at radius 3 is 2.21 bits per heavy atom. The lowest BCUT2D eigenvalue weighted by Gasteiger charge is -2.23. The van der Waals surface area contributed by atoms with E-state index in [0.717, 1.165) is 22.3 Å². The molecule has 7 nitrogen and oxygen atoms in total. The molecule has 0 atom stereocenters. The predicted octanol–water partition coefficient (Wildman–Crippen LogP) is 3.34. The zero-order chi connectivity index (χ0) is 17.9. The maximum Gasteiger partial charge on any atom is 0.364 e. The monoisotopic (exact) mass is 328 g/mol. The van der Waals surface area contributed by atoms with Gasteiger partial charge in [0, 0.05) is 19.1 Å². The number of benzene rings is 2. The lowest BCUT2D eigenvalue weighted by Crippen LogP contribution is -2.32. The Bertz CT molecular complexity index is 796. The van der Waals surface area contributed by atoms with Crippen molar-refractivity contribution >= 4 is 23.3 Å². The number of hydrogen-bond acceptors (Lipinski definition) is 5. The average Bonchev–Trinajstić information content (AvgIpc) is 2.53. The number of hydrogen-bond donors (Lipinski definition) is 0. The number of para-hydroxylation sites is 1. The number of anilines is 1. The first kappa shape index (κ1) is 17.1. The number of nitrogens with zero attached hydrogens (tertiary/aromatic N) is 2. The van der Waals surface area contributed by atoms with Crippen molar-refractivity contribution in [3.05, 3.63) is 69.3 Å². The van der Waals surface area contributed by atoms with E-state index in [4.69, 9.17) is 4.84 Å². The van der Waals surface area contributed by atoms with Crippen LogP contribution in [0.3, 0.4) is 0 Å². The SMILES string of the molecule is CC(=O)N(OC(=O)c1cccc([N+](=O)[O-])c1)c1c(C)cccc1C. The van der Waals surface area contributed by atoms with Crippen LogP contribution in [0.5, 0.6) is 0 Å². The smallest absolute Gasteiger partial charge is 0.328 e. The minimum Gasteiger partial charge on any atom is -0.328 e. The van der Waals surface area contributed by atoms with Gasteiger partial charge in [-0.1, -0.05) is 24.3 Å². The van der Waals surface area contributed by atoms with Crippen LogP contribution in [0.1, 0.15) is 28.4 Å². The van der Waals surface area contributed by atoms with Crippen molar-refractivity contribution < 1.29 is 19.3 Å². The minimum atomic E-state index is -0.850. The molecule has 0 fully saturated rings. The number of rotatable bonds is 3. The predicted molar refractivity (Wildman–Crippen MR) is 87.6 cm³/mol. The maximum atomic E-state index is 12.3. The van der Waals surface area contributed by atoms with E-state index in [0.29, 0.717) is 5.69 Å². The lowest BCUT2D eigenvalue weighted by atomic mass is 10.1. The number of amides is 1. The third-order valence-corrected chi connectivity index (χ3v) is 3.40. The molecule has 0 spiro atoms. The molecule has 24 heavy (non-hydrogen) atoms. The summed E-state index contributed by atoms with van der Waals surface area (Å²) >= 11 is 0. The first-order chi connectivity index (χ1) is 11.3. The third kappa shape index (κ3) is 3.57. The number of non-ortho nitro benzene ring substituents is 1. The molecule has 7 heteroatoms. The van der Waals surface area contributed by atoms with Crippen molar-refractivity contribution in [2.45, 2.75) is 20.8 Å². The number of nitro benzene ring substituents is 1. The molecule has 0 aromatic heterocycles. The summed E-state index contributed by atoms with van der Waals surface area (Å²) in [4.78, 5) is 39.6. The molecule has 124 valence electrons. The van der Waals surface area contributed by atoms with Gasteiger partial charge in [-0.05, 0) is 31.0 Å². The van der Waals surface area contributed by atoms with Crippen LogP contribution in [0.2, 0.25) is 0 Å². The highest BCUT2D eigenvalue weighted by Gasteiger charge is 2.23. The van der Waals surface area contributed by atoms with Crippen molar-refractivity contribution in [1.82, 2.24) is 0 Å². The fraction of sp³-hybridized carbons (Fsp3) is 0.176. The van der Waals surface area contributed by atoms with Gasteiger partial charge in [-0.15, -0.1) is 5.06 Å². The summed E-state index contributed by atoms with van der Waals surface area (Å²) in [6.07, 6.45) is 0. The first-order valence-corrected chi connectivity index (χ1v) is 7.15. The van der Waals surface area contributed by atoms with Gasteiger partial charge in [0.1, 0.15) is 0 Å². The Labute approximate surface area is 138 Å². The molecule has 0 saturated carbocycles. The van der Waals surface area contributed by atoms with E-state index in [1.165, 1.54) is 25.1 Å². The van der Waals surface area contributed by atoms with Crippen LogP contribution >= 0.6 is 0 Å². The van der Waals surface area contributed by atoms with Crippen LogP contribution in [0.15, 0.2) is 42.5 Å². The number of hydroxylamine groups is 1. The van der Waals surface area contributed by atoms with Crippen LogP contribution in [0.4, 0.5) is 11.4 Å². The summed E-state index contributed by atoms with van der Waals surface area (Å²) in [6, 6.07) is 10.5. The van der Waals surface area contributed by atoms with Gasteiger partial charge >= 0.3 is 5.97 Å². The summed E-state index contributed by atoms with van der Waals surface area (Å²) in [5, 5.41) is 11.7. The molecule has 0 heterocycles. The standard InChI is InChI=1S/C17H16N2O5/c1-11-6-4-7-12(2)16(11)18(13(3)20)24-17(21)14-8-5-9-15(10-14)19(22)23/h4-10H,1-3H3. The molecular weight excluding hydrogens is 312 g/mol. The van der Waals surface area contributed by atoms with Crippen LogP contribution in [-0.2, 0) is 9.63 Å². The Morgan fingerprint density at radius 2 is 1.67 bits per heavy atom. The molecule has 2 rings (SSSR count).